The van der Waals surface area contributed by atoms with Crippen LogP contribution in [0, 0.1) is 0 Å². The van der Waals surface area contributed by atoms with E-state index >= 15 is 0 Å². The number of carbonyl (C=O) groups is 2. The van der Waals surface area contributed by atoms with E-state index in [-0.39, 0.29) is 27.6 Å². The number of rotatable bonds is 6. The lowest BCUT2D eigenvalue weighted by atomic mass is 9.95. The second kappa shape index (κ2) is 9.60. The number of aromatic nitrogens is 2. The Morgan fingerprint density at radius 2 is 1.62 bits per heavy atom. The van der Waals surface area contributed by atoms with E-state index in [1.807, 2.05) is 36.4 Å². The van der Waals surface area contributed by atoms with E-state index in [1.165, 1.54) is 19.2 Å². The van der Waals surface area contributed by atoms with Gasteiger partial charge in [-0.2, -0.15) is 5.10 Å². The minimum absolute atomic E-state index is 0.00379. The summed E-state index contributed by atoms with van der Waals surface area (Å²) < 4.78 is 5.11. The lowest BCUT2D eigenvalue weighted by molar-refractivity contribution is 0.0693. The number of aromatic carboxylic acids is 1. The molecule has 9 heteroatoms. The van der Waals surface area contributed by atoms with Crippen LogP contribution in [0.15, 0.2) is 77.6 Å². The number of ether oxygens (including phenoxy) is 1. The molecule has 1 aromatic heterocycles. The average molecular weight is 476 g/mol. The molecule has 0 saturated carbocycles. The van der Waals surface area contributed by atoms with Crippen molar-refractivity contribution in [1.82, 2.24) is 10.2 Å². The van der Waals surface area contributed by atoms with Gasteiger partial charge in [-0.3, -0.25) is 9.59 Å². The number of benzene rings is 3. The van der Waals surface area contributed by atoms with Crippen molar-refractivity contribution in [2.45, 2.75) is 0 Å². The Morgan fingerprint density at radius 1 is 1.00 bits per heavy atom. The lowest BCUT2D eigenvalue weighted by Crippen LogP contribution is -2.26. The van der Waals surface area contributed by atoms with Crippen LogP contribution < -0.4 is 15.6 Å². The highest BCUT2D eigenvalue weighted by Gasteiger charge is 2.24. The molecule has 8 nitrogen and oxygen atoms in total. The summed E-state index contributed by atoms with van der Waals surface area (Å²) in [4.78, 5) is 37.7. The summed E-state index contributed by atoms with van der Waals surface area (Å²) in [6, 6.07) is 20.6. The Labute approximate surface area is 198 Å². The van der Waals surface area contributed by atoms with Crippen molar-refractivity contribution in [2.24, 2.45) is 0 Å². The molecule has 0 saturated heterocycles. The number of anilines is 1. The van der Waals surface area contributed by atoms with Crippen molar-refractivity contribution in [3.05, 3.63) is 99.3 Å². The number of halogens is 1. The van der Waals surface area contributed by atoms with Gasteiger partial charge in [0.25, 0.3) is 11.5 Å². The number of carboxylic acid groups (broad SMARTS) is 1. The largest absolute Gasteiger partial charge is 0.496 e. The molecular formula is C25H18ClN3O5. The maximum Gasteiger partial charge on any atom is 0.339 e. The molecule has 3 aromatic carbocycles. The second-order valence-corrected chi connectivity index (χ2v) is 7.58. The second-order valence-electron chi connectivity index (χ2n) is 7.18. The Bertz CT molecular complexity index is 1440. The molecule has 4 rings (SSSR count). The number of hydrogen-bond acceptors (Lipinski definition) is 5. The van der Waals surface area contributed by atoms with Crippen LogP contribution in [0.5, 0.6) is 5.75 Å². The highest BCUT2D eigenvalue weighted by molar-refractivity contribution is 6.34. The van der Waals surface area contributed by atoms with Crippen LogP contribution in [-0.4, -0.2) is 34.3 Å². The number of amides is 1. The number of carbonyl (C=O) groups excluding carboxylic acids is 1. The summed E-state index contributed by atoms with van der Waals surface area (Å²) in [5.74, 6) is -1.98. The molecule has 170 valence electrons. The number of hydrogen-bond donors (Lipinski definition) is 3. The third-order valence-electron chi connectivity index (χ3n) is 5.09. The molecular weight excluding hydrogens is 458 g/mol. The molecule has 0 aliphatic carbocycles. The van der Waals surface area contributed by atoms with Crippen molar-refractivity contribution < 1.29 is 19.4 Å². The van der Waals surface area contributed by atoms with E-state index < -0.39 is 17.4 Å². The van der Waals surface area contributed by atoms with Crippen LogP contribution >= 0.6 is 11.6 Å². The quantitative estimate of drug-likeness (QED) is 0.371. The molecule has 1 heterocycles. The van der Waals surface area contributed by atoms with Gasteiger partial charge in [-0.1, -0.05) is 72.3 Å². The molecule has 0 aliphatic heterocycles. The summed E-state index contributed by atoms with van der Waals surface area (Å²) in [5, 5.41) is 18.5. The number of carboxylic acids is 1. The highest BCUT2D eigenvalue weighted by Crippen LogP contribution is 2.34. The standard InChI is InChI=1S/C25H18ClN3O5/c1-34-19-13-18(17(26)12-16(19)25(32)33)27-23(30)21-20(14-8-4-2-5-9-14)22(28-29-24(21)31)15-10-6-3-7-11-15/h2-13H,1H3,(H,27,30)(H,29,31)(H,32,33). The molecule has 0 aliphatic rings. The molecule has 0 fully saturated rings. The van der Waals surface area contributed by atoms with Crippen LogP contribution in [0.4, 0.5) is 5.69 Å². The van der Waals surface area contributed by atoms with Gasteiger partial charge in [-0.15, -0.1) is 0 Å². The fraction of sp³-hybridized carbons (Fsp3) is 0.0400. The molecule has 0 unspecified atom stereocenters. The van der Waals surface area contributed by atoms with Crippen LogP contribution in [-0.2, 0) is 0 Å². The van der Waals surface area contributed by atoms with Gasteiger partial charge in [0.1, 0.15) is 16.9 Å². The van der Waals surface area contributed by atoms with Crippen LogP contribution in [0.25, 0.3) is 22.4 Å². The van der Waals surface area contributed by atoms with E-state index in [0.29, 0.717) is 22.4 Å². The topological polar surface area (TPSA) is 121 Å². The first kappa shape index (κ1) is 22.8. The minimum atomic E-state index is -1.24. The normalized spacial score (nSPS) is 10.5. The third kappa shape index (κ3) is 4.39. The van der Waals surface area contributed by atoms with Gasteiger partial charge < -0.3 is 15.2 Å². The summed E-state index contributed by atoms with van der Waals surface area (Å²) in [6.45, 7) is 0. The van der Waals surface area contributed by atoms with Gasteiger partial charge in [-0.25, -0.2) is 9.89 Å². The van der Waals surface area contributed by atoms with E-state index in [2.05, 4.69) is 15.5 Å². The van der Waals surface area contributed by atoms with Crippen LogP contribution in [0.1, 0.15) is 20.7 Å². The molecule has 3 N–H and O–H groups in total. The fourth-order valence-electron chi connectivity index (χ4n) is 3.53. The van der Waals surface area contributed by atoms with Crippen LogP contribution in [0.3, 0.4) is 0 Å². The zero-order valence-electron chi connectivity index (χ0n) is 17.8. The Balaban J connectivity index is 1.88. The smallest absolute Gasteiger partial charge is 0.339 e. The Morgan fingerprint density at radius 3 is 2.21 bits per heavy atom. The summed E-state index contributed by atoms with van der Waals surface area (Å²) >= 11 is 6.23. The number of aromatic amines is 1. The first-order valence-corrected chi connectivity index (χ1v) is 10.4. The summed E-state index contributed by atoms with van der Waals surface area (Å²) in [5.41, 5.74) is 1.15. The summed E-state index contributed by atoms with van der Waals surface area (Å²) in [6.07, 6.45) is 0. The number of nitrogens with zero attached hydrogens (tertiary/aromatic N) is 1. The molecule has 0 bridgehead atoms. The van der Waals surface area contributed by atoms with Crippen molar-refractivity contribution >= 4 is 29.2 Å². The monoisotopic (exact) mass is 475 g/mol. The van der Waals surface area contributed by atoms with Crippen molar-refractivity contribution in [3.8, 4) is 28.1 Å². The van der Waals surface area contributed by atoms with Gasteiger partial charge in [0.15, 0.2) is 0 Å². The molecule has 4 aromatic rings. The predicted octanol–water partition coefficient (Wildman–Crippen LogP) is 4.72. The van der Waals surface area contributed by atoms with Gasteiger partial charge in [0, 0.05) is 17.2 Å². The molecule has 1 amide bonds. The molecule has 0 atom stereocenters. The van der Waals surface area contributed by atoms with Crippen molar-refractivity contribution in [1.29, 1.82) is 0 Å². The van der Waals surface area contributed by atoms with E-state index in [1.54, 1.807) is 24.3 Å². The third-order valence-corrected chi connectivity index (χ3v) is 5.40. The van der Waals surface area contributed by atoms with Gasteiger partial charge >= 0.3 is 5.97 Å². The lowest BCUT2D eigenvalue weighted by Gasteiger charge is -2.15. The Hall–Kier alpha value is -4.43. The van der Waals surface area contributed by atoms with Crippen molar-refractivity contribution in [2.75, 3.05) is 12.4 Å². The van der Waals surface area contributed by atoms with Gasteiger partial charge in [0.2, 0.25) is 0 Å². The van der Waals surface area contributed by atoms with E-state index in [0.717, 1.165) is 0 Å². The van der Waals surface area contributed by atoms with E-state index in [9.17, 15) is 19.5 Å². The number of H-pyrrole nitrogens is 1. The number of methoxy groups -OCH3 is 1. The van der Waals surface area contributed by atoms with Gasteiger partial charge in [0.05, 0.1) is 23.5 Å². The van der Waals surface area contributed by atoms with Crippen LogP contribution in [0.2, 0.25) is 5.02 Å². The van der Waals surface area contributed by atoms with Crippen molar-refractivity contribution in [3.63, 3.8) is 0 Å². The fourth-order valence-corrected chi connectivity index (χ4v) is 3.74. The molecule has 0 radical (unpaired) electrons. The first-order valence-electron chi connectivity index (χ1n) is 10.1. The minimum Gasteiger partial charge on any atom is -0.496 e. The number of nitrogens with one attached hydrogen (secondary N) is 2. The maximum atomic E-state index is 13.4. The zero-order valence-corrected chi connectivity index (χ0v) is 18.6. The summed E-state index contributed by atoms with van der Waals surface area (Å²) in [7, 11) is 1.30. The van der Waals surface area contributed by atoms with Gasteiger partial charge in [-0.05, 0) is 11.6 Å². The SMILES string of the molecule is COc1cc(NC(=O)c2c(-c3ccccc3)c(-c3ccccc3)n[nH]c2=O)c(Cl)cc1C(=O)O. The highest BCUT2D eigenvalue weighted by atomic mass is 35.5. The predicted molar refractivity (Wildman–Crippen MR) is 129 cm³/mol. The molecule has 34 heavy (non-hydrogen) atoms. The molecule has 0 spiro atoms. The average Bonchev–Trinajstić information content (AvgIpc) is 2.85. The Kier molecular flexibility index (Phi) is 6.42. The van der Waals surface area contributed by atoms with E-state index in [4.69, 9.17) is 16.3 Å². The first-order chi connectivity index (χ1) is 16.4. The maximum absolute atomic E-state index is 13.4. The zero-order chi connectivity index (χ0) is 24.2.